The molecule has 24 heavy (non-hydrogen) atoms. The van der Waals surface area contributed by atoms with Gasteiger partial charge in [0.1, 0.15) is 0 Å². The lowest BCUT2D eigenvalue weighted by atomic mass is 9.98. The van der Waals surface area contributed by atoms with Gasteiger partial charge in [-0.15, -0.1) is 11.3 Å². The molecule has 3 rings (SSSR count). The Bertz CT molecular complexity index is 735. The van der Waals surface area contributed by atoms with Crippen LogP contribution < -0.4 is 5.32 Å². The van der Waals surface area contributed by atoms with Crippen LogP contribution in [0.5, 0.6) is 0 Å². The maximum absolute atomic E-state index is 12.7. The third kappa shape index (κ3) is 3.40. The molecular formula is C20H26N2OS. The number of benzene rings is 1. The standard InChI is InChI=1S/C20H26N2OS/c1-13(2)16-7-5-6-14(3)20(16)21-19(23)12-22-10-8-18-17(15(22)4)9-11-24-18/h5-7,9,11,13,15H,8,10,12H2,1-4H3,(H,21,23). The number of nitrogens with zero attached hydrogens (tertiary/aromatic N) is 1. The molecule has 1 atom stereocenters. The highest BCUT2D eigenvalue weighted by Gasteiger charge is 2.26. The predicted molar refractivity (Wildman–Crippen MR) is 102 cm³/mol. The number of aryl methyl sites for hydroxylation is 1. The lowest BCUT2D eigenvalue weighted by Crippen LogP contribution is -2.39. The lowest BCUT2D eigenvalue weighted by Gasteiger charge is -2.33. The van der Waals surface area contributed by atoms with Crippen LogP contribution in [0.15, 0.2) is 29.6 Å². The van der Waals surface area contributed by atoms with Crippen LogP contribution in [0, 0.1) is 6.92 Å². The molecular weight excluding hydrogens is 316 g/mol. The van der Waals surface area contributed by atoms with E-state index in [9.17, 15) is 4.79 Å². The van der Waals surface area contributed by atoms with Crippen LogP contribution in [-0.2, 0) is 11.2 Å². The Kier molecular flexibility index (Phi) is 5.07. The number of nitrogens with one attached hydrogen (secondary N) is 1. The second kappa shape index (κ2) is 7.08. The minimum atomic E-state index is 0.0803. The van der Waals surface area contributed by atoms with Crippen molar-refractivity contribution < 1.29 is 4.79 Å². The lowest BCUT2D eigenvalue weighted by molar-refractivity contribution is -0.117. The van der Waals surface area contributed by atoms with Gasteiger partial charge in [0.05, 0.1) is 6.54 Å². The van der Waals surface area contributed by atoms with Gasteiger partial charge in [0.2, 0.25) is 5.91 Å². The van der Waals surface area contributed by atoms with Crippen molar-refractivity contribution >= 4 is 22.9 Å². The third-order valence-electron chi connectivity index (χ3n) is 4.94. The van der Waals surface area contributed by atoms with Gasteiger partial charge >= 0.3 is 0 Å². The number of carbonyl (C=O) groups is 1. The highest BCUT2D eigenvalue weighted by molar-refractivity contribution is 7.10. The van der Waals surface area contributed by atoms with Gasteiger partial charge in [-0.2, -0.15) is 0 Å². The quantitative estimate of drug-likeness (QED) is 0.870. The molecule has 1 aliphatic rings. The van der Waals surface area contributed by atoms with E-state index in [2.05, 4.69) is 67.6 Å². The molecule has 1 N–H and O–H groups in total. The molecule has 1 unspecified atom stereocenters. The second-order valence-corrected chi connectivity index (χ2v) is 7.94. The molecule has 0 bridgehead atoms. The monoisotopic (exact) mass is 342 g/mol. The number of para-hydroxylation sites is 1. The minimum Gasteiger partial charge on any atom is -0.324 e. The highest BCUT2D eigenvalue weighted by Crippen LogP contribution is 2.33. The van der Waals surface area contributed by atoms with Gasteiger partial charge in [-0.05, 0) is 54.3 Å². The van der Waals surface area contributed by atoms with Crippen molar-refractivity contribution in [3.8, 4) is 0 Å². The Hall–Kier alpha value is -1.65. The summed E-state index contributed by atoms with van der Waals surface area (Å²) in [4.78, 5) is 16.4. The smallest absolute Gasteiger partial charge is 0.238 e. The summed E-state index contributed by atoms with van der Waals surface area (Å²) >= 11 is 1.83. The summed E-state index contributed by atoms with van der Waals surface area (Å²) in [7, 11) is 0. The van der Waals surface area contributed by atoms with Gasteiger partial charge < -0.3 is 5.32 Å². The first-order chi connectivity index (χ1) is 11.5. The Morgan fingerprint density at radius 1 is 1.38 bits per heavy atom. The zero-order valence-electron chi connectivity index (χ0n) is 14.9. The Morgan fingerprint density at radius 2 is 2.17 bits per heavy atom. The molecule has 1 aromatic heterocycles. The molecule has 0 fully saturated rings. The number of hydrogen-bond acceptors (Lipinski definition) is 3. The van der Waals surface area contributed by atoms with Crippen LogP contribution in [0.25, 0.3) is 0 Å². The number of fused-ring (bicyclic) bond motifs is 1. The third-order valence-corrected chi connectivity index (χ3v) is 5.94. The predicted octanol–water partition coefficient (Wildman–Crippen LogP) is 4.74. The van der Waals surface area contributed by atoms with Crippen LogP contribution in [0.2, 0.25) is 0 Å². The Labute approximate surface area is 148 Å². The van der Waals surface area contributed by atoms with Crippen molar-refractivity contribution in [3.63, 3.8) is 0 Å². The van der Waals surface area contributed by atoms with Gasteiger partial charge in [0.15, 0.2) is 0 Å². The summed E-state index contributed by atoms with van der Waals surface area (Å²) < 4.78 is 0. The maximum Gasteiger partial charge on any atom is 0.238 e. The van der Waals surface area contributed by atoms with Crippen LogP contribution in [0.3, 0.4) is 0 Å². The zero-order valence-corrected chi connectivity index (χ0v) is 15.7. The molecule has 3 nitrogen and oxygen atoms in total. The normalized spacial score (nSPS) is 17.8. The van der Waals surface area contributed by atoms with E-state index in [1.165, 1.54) is 16.0 Å². The van der Waals surface area contributed by atoms with Crippen LogP contribution in [-0.4, -0.2) is 23.9 Å². The van der Waals surface area contributed by atoms with Gasteiger partial charge in [-0.25, -0.2) is 0 Å². The number of amides is 1. The zero-order chi connectivity index (χ0) is 17.3. The summed E-state index contributed by atoms with van der Waals surface area (Å²) in [6, 6.07) is 8.74. The molecule has 0 radical (unpaired) electrons. The summed E-state index contributed by atoms with van der Waals surface area (Å²) in [5.74, 6) is 0.471. The molecule has 0 spiro atoms. The van der Waals surface area contributed by atoms with E-state index in [4.69, 9.17) is 0 Å². The van der Waals surface area contributed by atoms with Gasteiger partial charge in [0.25, 0.3) is 0 Å². The highest BCUT2D eigenvalue weighted by atomic mass is 32.1. The Balaban J connectivity index is 1.71. The van der Waals surface area contributed by atoms with Crippen molar-refractivity contribution in [2.24, 2.45) is 0 Å². The topological polar surface area (TPSA) is 32.3 Å². The van der Waals surface area contributed by atoms with E-state index in [1.54, 1.807) is 0 Å². The van der Waals surface area contributed by atoms with E-state index in [-0.39, 0.29) is 5.91 Å². The second-order valence-electron chi connectivity index (χ2n) is 6.94. The number of rotatable bonds is 4. The van der Waals surface area contributed by atoms with E-state index in [0.29, 0.717) is 18.5 Å². The number of carbonyl (C=O) groups excluding carboxylic acids is 1. The summed E-state index contributed by atoms with van der Waals surface area (Å²) in [5.41, 5.74) is 4.70. The van der Waals surface area contributed by atoms with Crippen molar-refractivity contribution in [2.75, 3.05) is 18.4 Å². The van der Waals surface area contributed by atoms with Crippen molar-refractivity contribution in [1.29, 1.82) is 0 Å². The summed E-state index contributed by atoms with van der Waals surface area (Å²) in [5, 5.41) is 5.33. The largest absolute Gasteiger partial charge is 0.324 e. The molecule has 2 aromatic rings. The van der Waals surface area contributed by atoms with Crippen molar-refractivity contribution in [3.05, 3.63) is 51.2 Å². The van der Waals surface area contributed by atoms with Crippen LogP contribution >= 0.6 is 11.3 Å². The first kappa shape index (κ1) is 17.2. The molecule has 1 aromatic carbocycles. The van der Waals surface area contributed by atoms with Crippen molar-refractivity contribution in [1.82, 2.24) is 4.90 Å². The average molecular weight is 343 g/mol. The molecule has 1 amide bonds. The van der Waals surface area contributed by atoms with Crippen LogP contribution in [0.4, 0.5) is 5.69 Å². The first-order valence-corrected chi connectivity index (χ1v) is 9.55. The fourth-order valence-electron chi connectivity index (χ4n) is 3.48. The van der Waals surface area contributed by atoms with Gasteiger partial charge in [-0.3, -0.25) is 9.69 Å². The molecule has 2 heterocycles. The molecule has 128 valence electrons. The molecule has 1 aliphatic heterocycles. The minimum absolute atomic E-state index is 0.0803. The van der Waals surface area contributed by atoms with E-state index in [0.717, 1.165) is 24.2 Å². The summed E-state index contributed by atoms with van der Waals surface area (Å²) in [6.07, 6.45) is 1.05. The fraction of sp³-hybridized carbons (Fsp3) is 0.450. The number of thiophene rings is 1. The SMILES string of the molecule is Cc1cccc(C(C)C)c1NC(=O)CN1CCc2sccc2C1C. The molecule has 0 saturated heterocycles. The average Bonchev–Trinajstić information content (AvgIpc) is 3.01. The van der Waals surface area contributed by atoms with E-state index >= 15 is 0 Å². The van der Waals surface area contributed by atoms with Crippen LogP contribution in [0.1, 0.15) is 54.3 Å². The van der Waals surface area contributed by atoms with Gasteiger partial charge in [-0.1, -0.05) is 32.0 Å². The number of anilines is 1. The van der Waals surface area contributed by atoms with E-state index in [1.807, 2.05) is 11.3 Å². The summed E-state index contributed by atoms with van der Waals surface area (Å²) in [6.45, 7) is 9.98. The first-order valence-electron chi connectivity index (χ1n) is 8.67. The molecule has 0 aliphatic carbocycles. The molecule has 4 heteroatoms. The number of hydrogen-bond donors (Lipinski definition) is 1. The van der Waals surface area contributed by atoms with Crippen molar-refractivity contribution in [2.45, 2.75) is 46.1 Å². The Morgan fingerprint density at radius 3 is 2.92 bits per heavy atom. The fourth-order valence-corrected chi connectivity index (χ4v) is 4.45. The van der Waals surface area contributed by atoms with E-state index < -0.39 is 0 Å². The maximum atomic E-state index is 12.7. The van der Waals surface area contributed by atoms with Gasteiger partial charge in [0, 0.05) is 23.2 Å². The molecule has 0 saturated carbocycles.